The Bertz CT molecular complexity index is 459. The average molecular weight is 256 g/mol. The van der Waals surface area contributed by atoms with Gasteiger partial charge in [0.05, 0.1) is 9.89 Å². The van der Waals surface area contributed by atoms with E-state index >= 15 is 0 Å². The van der Waals surface area contributed by atoms with E-state index in [1.165, 1.54) is 12.1 Å². The number of nitro groups is 1. The SMILES string of the molecule is O=COCN(c1ccc([N+](=O)[O-])cc1)/[N+]([O-])=N/O. The Morgan fingerprint density at radius 3 is 2.44 bits per heavy atom. The number of carbonyl (C=O) groups is 1. The van der Waals surface area contributed by atoms with Gasteiger partial charge < -0.3 is 15.2 Å². The minimum absolute atomic E-state index is 0.101. The standard InChI is InChI=1S/C8H8N4O6/c13-6-18-5-10(12(17)9-14)7-1-3-8(4-2-7)11(15)16/h1-4,6,14H,5H2/b12-9-. The summed E-state index contributed by atoms with van der Waals surface area (Å²) in [5, 5.41) is 33.0. The highest BCUT2D eigenvalue weighted by molar-refractivity contribution is 5.49. The van der Waals surface area contributed by atoms with E-state index in [4.69, 9.17) is 5.21 Å². The third-order valence-corrected chi connectivity index (χ3v) is 1.91. The molecule has 0 aliphatic carbocycles. The molecule has 10 nitrogen and oxygen atoms in total. The van der Waals surface area contributed by atoms with Crippen LogP contribution < -0.4 is 5.01 Å². The van der Waals surface area contributed by atoms with Gasteiger partial charge in [0.25, 0.3) is 12.2 Å². The molecule has 10 heteroatoms. The zero-order valence-electron chi connectivity index (χ0n) is 8.87. The van der Waals surface area contributed by atoms with Gasteiger partial charge in [0.2, 0.25) is 12.0 Å². The van der Waals surface area contributed by atoms with Gasteiger partial charge in [-0.2, -0.15) is 0 Å². The fourth-order valence-corrected chi connectivity index (χ4v) is 1.12. The summed E-state index contributed by atoms with van der Waals surface area (Å²) in [5.41, 5.74) is -0.0244. The summed E-state index contributed by atoms with van der Waals surface area (Å²) in [6.45, 7) is -0.404. The van der Waals surface area contributed by atoms with E-state index in [-0.39, 0.29) is 22.8 Å². The van der Waals surface area contributed by atoms with Crippen LogP contribution >= 0.6 is 0 Å². The fourth-order valence-electron chi connectivity index (χ4n) is 1.12. The molecule has 0 fully saturated rings. The zero-order valence-corrected chi connectivity index (χ0v) is 8.87. The van der Waals surface area contributed by atoms with E-state index in [2.05, 4.69) is 10.0 Å². The molecular formula is C8H8N4O6. The molecule has 0 saturated heterocycles. The highest BCUT2D eigenvalue weighted by atomic mass is 16.6. The van der Waals surface area contributed by atoms with Crippen LogP contribution in [0.15, 0.2) is 29.5 Å². The molecule has 1 aromatic rings. The normalized spacial score (nSPS) is 10.8. The predicted octanol–water partition coefficient (Wildman–Crippen LogP) is 0.798. The summed E-state index contributed by atoms with van der Waals surface area (Å²) >= 11 is 0. The maximum absolute atomic E-state index is 11.1. The van der Waals surface area contributed by atoms with Crippen LogP contribution in [-0.2, 0) is 9.53 Å². The van der Waals surface area contributed by atoms with Gasteiger partial charge in [-0.3, -0.25) is 14.9 Å². The number of anilines is 1. The molecule has 18 heavy (non-hydrogen) atoms. The Labute approximate surface area is 100.0 Å². The first-order valence-electron chi connectivity index (χ1n) is 4.49. The monoisotopic (exact) mass is 256 g/mol. The van der Waals surface area contributed by atoms with E-state index in [9.17, 15) is 20.1 Å². The molecule has 0 radical (unpaired) electrons. The number of non-ortho nitro benzene ring substituents is 1. The predicted molar refractivity (Wildman–Crippen MR) is 55.4 cm³/mol. The molecule has 0 amide bonds. The lowest BCUT2D eigenvalue weighted by molar-refractivity contribution is -0.572. The van der Waals surface area contributed by atoms with E-state index in [0.717, 1.165) is 17.1 Å². The molecule has 0 aromatic heterocycles. The summed E-state index contributed by atoms with van der Waals surface area (Å²) in [7, 11) is 0. The van der Waals surface area contributed by atoms with Crippen molar-refractivity contribution in [2.75, 3.05) is 11.7 Å². The van der Waals surface area contributed by atoms with Crippen molar-refractivity contribution in [2.45, 2.75) is 0 Å². The first-order chi connectivity index (χ1) is 8.60. The third-order valence-electron chi connectivity index (χ3n) is 1.91. The molecule has 0 unspecified atom stereocenters. The minimum atomic E-state index is -0.610. The molecule has 96 valence electrons. The molecule has 1 N–H and O–H groups in total. The van der Waals surface area contributed by atoms with Crippen molar-refractivity contribution in [1.82, 2.24) is 0 Å². The molecule has 0 aliphatic rings. The molecule has 0 spiro atoms. The minimum Gasteiger partial charge on any atom is -0.568 e. The number of hydrazine groups is 1. The van der Waals surface area contributed by atoms with Crippen LogP contribution in [0.25, 0.3) is 0 Å². The molecule has 0 bridgehead atoms. The summed E-state index contributed by atoms with van der Waals surface area (Å²) in [5.74, 6) is 0. The molecule has 0 saturated carbocycles. The van der Waals surface area contributed by atoms with Gasteiger partial charge in [-0.25, -0.2) is 0 Å². The Balaban J connectivity index is 2.97. The van der Waals surface area contributed by atoms with Crippen molar-refractivity contribution in [3.63, 3.8) is 0 Å². The van der Waals surface area contributed by atoms with Crippen LogP contribution in [0, 0.1) is 15.3 Å². The van der Waals surface area contributed by atoms with Crippen molar-refractivity contribution in [3.8, 4) is 0 Å². The van der Waals surface area contributed by atoms with E-state index < -0.39 is 11.7 Å². The lowest BCUT2D eigenvalue weighted by atomic mass is 10.3. The maximum atomic E-state index is 11.1. The fraction of sp³-hybridized carbons (Fsp3) is 0.125. The zero-order chi connectivity index (χ0) is 13.5. The van der Waals surface area contributed by atoms with Gasteiger partial charge in [0.1, 0.15) is 5.69 Å². The molecule has 0 atom stereocenters. The molecular weight excluding hydrogens is 248 g/mol. The molecule has 1 rings (SSSR count). The van der Waals surface area contributed by atoms with Gasteiger partial charge >= 0.3 is 0 Å². The van der Waals surface area contributed by atoms with Gasteiger partial charge in [-0.1, -0.05) is 5.01 Å². The van der Waals surface area contributed by atoms with Crippen molar-refractivity contribution in [3.05, 3.63) is 39.6 Å². The first kappa shape index (κ1) is 13.2. The van der Waals surface area contributed by atoms with Crippen LogP contribution in [0.1, 0.15) is 0 Å². The van der Waals surface area contributed by atoms with Crippen molar-refractivity contribution in [2.24, 2.45) is 5.28 Å². The lowest BCUT2D eigenvalue weighted by Gasteiger charge is -2.15. The topological polar surface area (TPSA) is 131 Å². The lowest BCUT2D eigenvalue weighted by Crippen LogP contribution is -2.32. The summed E-state index contributed by atoms with van der Waals surface area (Å²) in [6.07, 6.45) is 0. The number of rotatable bonds is 6. The maximum Gasteiger partial charge on any atom is 0.295 e. The van der Waals surface area contributed by atoms with Crippen LogP contribution in [-0.4, -0.2) is 28.3 Å². The molecule has 1 aromatic carbocycles. The van der Waals surface area contributed by atoms with Crippen LogP contribution in [0.5, 0.6) is 0 Å². The molecule has 0 aliphatic heterocycles. The Kier molecular flexibility index (Phi) is 4.37. The number of hydrogen-bond acceptors (Lipinski definition) is 6. The van der Waals surface area contributed by atoms with Gasteiger partial charge in [0, 0.05) is 12.1 Å². The van der Waals surface area contributed by atoms with Crippen molar-refractivity contribution in [1.29, 1.82) is 0 Å². The largest absolute Gasteiger partial charge is 0.568 e. The highest BCUT2D eigenvalue weighted by Gasteiger charge is 2.18. The van der Waals surface area contributed by atoms with Crippen LogP contribution in [0.4, 0.5) is 11.4 Å². The Morgan fingerprint density at radius 2 is 2.00 bits per heavy atom. The quantitative estimate of drug-likeness (QED) is 0.199. The number of carbonyl (C=O) groups excluding carboxylic acids is 1. The second-order valence-electron chi connectivity index (χ2n) is 2.91. The number of hydrogen-bond donors (Lipinski definition) is 1. The second-order valence-corrected chi connectivity index (χ2v) is 2.91. The van der Waals surface area contributed by atoms with Gasteiger partial charge in [-0.05, 0) is 12.1 Å². The number of nitro benzene ring substituents is 1. The third kappa shape index (κ3) is 3.04. The van der Waals surface area contributed by atoms with Gasteiger partial charge in [-0.15, -0.1) is 0 Å². The van der Waals surface area contributed by atoms with Gasteiger partial charge in [0.15, 0.2) is 0 Å². The number of nitrogens with zero attached hydrogens (tertiary/aromatic N) is 4. The smallest absolute Gasteiger partial charge is 0.295 e. The highest BCUT2D eigenvalue weighted by Crippen LogP contribution is 2.19. The van der Waals surface area contributed by atoms with E-state index in [1.54, 1.807) is 0 Å². The summed E-state index contributed by atoms with van der Waals surface area (Å²) < 4.78 is 4.35. The first-order valence-corrected chi connectivity index (χ1v) is 4.49. The average Bonchev–Trinajstić information content (AvgIpc) is 2.39. The van der Waals surface area contributed by atoms with E-state index in [0.29, 0.717) is 0 Å². The number of ether oxygens (including phenoxy) is 1. The van der Waals surface area contributed by atoms with Crippen LogP contribution in [0.2, 0.25) is 0 Å². The van der Waals surface area contributed by atoms with Crippen molar-refractivity contribution >= 4 is 17.8 Å². The van der Waals surface area contributed by atoms with Crippen molar-refractivity contribution < 1.29 is 24.6 Å². The Hall–Kier alpha value is -2.91. The Morgan fingerprint density at radius 1 is 1.39 bits per heavy atom. The second kappa shape index (κ2) is 5.98. The summed E-state index contributed by atoms with van der Waals surface area (Å²) in [6, 6.07) is 4.77. The van der Waals surface area contributed by atoms with E-state index in [1.807, 2.05) is 0 Å². The summed E-state index contributed by atoms with van der Waals surface area (Å²) in [4.78, 5) is 19.6. The number of benzene rings is 1. The molecule has 0 heterocycles. The van der Waals surface area contributed by atoms with Crippen LogP contribution in [0.3, 0.4) is 0 Å².